The zero-order valence-electron chi connectivity index (χ0n) is 23.3. The Bertz CT molecular complexity index is 1440. The molecule has 3 aromatic carbocycles. The summed E-state index contributed by atoms with van der Waals surface area (Å²) in [5.41, 5.74) is 1.67. The summed E-state index contributed by atoms with van der Waals surface area (Å²) in [5.74, 6) is 0.622. The fourth-order valence-electron chi connectivity index (χ4n) is 6.36. The minimum absolute atomic E-state index is 0.0540. The largest absolute Gasteiger partial charge is 0.494 e. The monoisotopic (exact) mass is 735 g/mol. The Balaban J connectivity index is 1.37. The molecule has 2 fully saturated rings. The lowest BCUT2D eigenvalue weighted by atomic mass is 9.72. The molecule has 222 valence electrons. The summed E-state index contributed by atoms with van der Waals surface area (Å²) in [6.07, 6.45) is 2.88. The standard InChI is InChI=1S/C32H33Br2Cl2N3O3/c1-42-28-24(33)17-21(18-25(28)34)29(40)39-16-12-31(20-39,23-7-8-26(35)27(36)19-23)9-15-38-30(41)32(10-13-37-14-11-32)22-5-3-2-4-6-22/h2-8,17-19,37H,9-16,20H2,1H3,(H,38,41). The Morgan fingerprint density at radius 1 is 0.952 bits per heavy atom. The molecular formula is C32H33Br2Cl2N3O3. The van der Waals surface area contributed by atoms with Crippen molar-refractivity contribution in [2.45, 2.75) is 36.5 Å². The third-order valence-corrected chi connectivity index (χ3v) is 10.6. The molecule has 0 aliphatic carbocycles. The molecule has 0 radical (unpaired) electrons. The highest BCUT2D eigenvalue weighted by molar-refractivity contribution is 9.11. The maximum atomic E-state index is 13.8. The predicted molar refractivity (Wildman–Crippen MR) is 175 cm³/mol. The van der Waals surface area contributed by atoms with Crippen LogP contribution in [0.2, 0.25) is 10.0 Å². The summed E-state index contributed by atoms with van der Waals surface area (Å²) in [6.45, 7) is 3.14. The number of piperidine rings is 1. The van der Waals surface area contributed by atoms with Crippen LogP contribution in [0.4, 0.5) is 0 Å². The molecule has 3 aromatic rings. The van der Waals surface area contributed by atoms with Crippen molar-refractivity contribution in [2.75, 3.05) is 39.8 Å². The minimum Gasteiger partial charge on any atom is -0.494 e. The molecule has 2 N–H and O–H groups in total. The van der Waals surface area contributed by atoms with Gasteiger partial charge in [-0.25, -0.2) is 0 Å². The van der Waals surface area contributed by atoms with Crippen LogP contribution in [0.15, 0.2) is 69.6 Å². The smallest absolute Gasteiger partial charge is 0.253 e. The van der Waals surface area contributed by atoms with Crippen molar-refractivity contribution in [3.8, 4) is 5.75 Å². The Morgan fingerprint density at radius 2 is 1.64 bits per heavy atom. The molecule has 1 atom stereocenters. The van der Waals surface area contributed by atoms with Crippen LogP contribution in [0.1, 0.15) is 47.2 Å². The summed E-state index contributed by atoms with van der Waals surface area (Å²) < 4.78 is 6.81. The first-order valence-corrected chi connectivity index (χ1v) is 16.4. The fourth-order valence-corrected chi connectivity index (χ4v) is 8.17. The van der Waals surface area contributed by atoms with Crippen LogP contribution in [-0.4, -0.2) is 56.5 Å². The molecule has 0 spiro atoms. The topological polar surface area (TPSA) is 70.7 Å². The summed E-state index contributed by atoms with van der Waals surface area (Å²) in [7, 11) is 1.59. The van der Waals surface area contributed by atoms with Crippen molar-refractivity contribution < 1.29 is 14.3 Å². The van der Waals surface area contributed by atoms with E-state index >= 15 is 0 Å². The molecule has 6 nitrogen and oxygen atoms in total. The second-order valence-electron chi connectivity index (χ2n) is 11.1. The number of rotatable bonds is 8. The van der Waals surface area contributed by atoms with Gasteiger partial charge in [-0.05, 0) is 106 Å². The molecular weight excluding hydrogens is 705 g/mol. The summed E-state index contributed by atoms with van der Waals surface area (Å²) in [6, 6.07) is 19.3. The van der Waals surface area contributed by atoms with Gasteiger partial charge >= 0.3 is 0 Å². The Morgan fingerprint density at radius 3 is 2.29 bits per heavy atom. The normalized spacial score (nSPS) is 19.9. The Kier molecular flexibility index (Phi) is 9.90. The maximum absolute atomic E-state index is 13.8. The Hall–Kier alpha value is -2.10. The van der Waals surface area contributed by atoms with Crippen LogP contribution >= 0.6 is 55.1 Å². The highest BCUT2D eigenvalue weighted by atomic mass is 79.9. The SMILES string of the molecule is COc1c(Br)cc(C(=O)N2CCC(CCNC(=O)C3(c4ccccc4)CCNCC3)(c3ccc(Cl)c(Cl)c3)C2)cc1Br. The lowest BCUT2D eigenvalue weighted by Gasteiger charge is -2.37. The molecule has 2 amide bonds. The number of carbonyl (C=O) groups excluding carboxylic acids is 2. The fraction of sp³-hybridized carbons (Fsp3) is 0.375. The molecule has 10 heteroatoms. The van der Waals surface area contributed by atoms with E-state index in [1.165, 1.54) is 0 Å². The van der Waals surface area contributed by atoms with Gasteiger partial charge in [0.1, 0.15) is 5.75 Å². The van der Waals surface area contributed by atoms with E-state index in [-0.39, 0.29) is 11.8 Å². The first-order valence-electron chi connectivity index (χ1n) is 14.0. The van der Waals surface area contributed by atoms with E-state index in [0.29, 0.717) is 56.4 Å². The molecule has 0 bridgehead atoms. The number of hydrogen-bond donors (Lipinski definition) is 2. The van der Waals surface area contributed by atoms with Crippen LogP contribution in [0.5, 0.6) is 5.75 Å². The molecule has 2 saturated heterocycles. The summed E-state index contributed by atoms with van der Waals surface area (Å²) in [4.78, 5) is 29.4. The number of hydrogen-bond acceptors (Lipinski definition) is 4. The molecule has 2 aliphatic rings. The van der Waals surface area contributed by atoms with Gasteiger partial charge in [-0.3, -0.25) is 9.59 Å². The highest BCUT2D eigenvalue weighted by Gasteiger charge is 2.44. The molecule has 0 aromatic heterocycles. The second-order valence-corrected chi connectivity index (χ2v) is 13.6. The Labute approximate surface area is 273 Å². The predicted octanol–water partition coefficient (Wildman–Crippen LogP) is 7.14. The number of nitrogens with zero attached hydrogens (tertiary/aromatic N) is 1. The molecule has 5 rings (SSSR count). The van der Waals surface area contributed by atoms with Gasteiger partial charge in [-0.2, -0.15) is 0 Å². The van der Waals surface area contributed by atoms with E-state index in [4.69, 9.17) is 27.9 Å². The van der Waals surface area contributed by atoms with Gasteiger partial charge in [-0.15, -0.1) is 0 Å². The van der Waals surface area contributed by atoms with E-state index in [9.17, 15) is 9.59 Å². The van der Waals surface area contributed by atoms with Crippen molar-refractivity contribution in [1.29, 1.82) is 0 Å². The van der Waals surface area contributed by atoms with E-state index in [1.54, 1.807) is 25.3 Å². The van der Waals surface area contributed by atoms with Crippen LogP contribution in [0.3, 0.4) is 0 Å². The van der Waals surface area contributed by atoms with Crippen molar-refractivity contribution in [3.63, 3.8) is 0 Å². The van der Waals surface area contributed by atoms with Gasteiger partial charge in [-0.1, -0.05) is 59.6 Å². The number of amides is 2. The first-order chi connectivity index (χ1) is 20.2. The number of carbonyl (C=O) groups is 2. The lowest BCUT2D eigenvalue weighted by molar-refractivity contribution is -0.127. The first kappa shape index (κ1) is 31.3. The van der Waals surface area contributed by atoms with Crippen molar-refractivity contribution in [1.82, 2.24) is 15.5 Å². The number of benzene rings is 3. The van der Waals surface area contributed by atoms with Crippen LogP contribution in [0, 0.1) is 0 Å². The van der Waals surface area contributed by atoms with Crippen molar-refractivity contribution >= 4 is 66.9 Å². The average molecular weight is 738 g/mol. The van der Waals surface area contributed by atoms with E-state index in [1.807, 2.05) is 35.2 Å². The number of ether oxygens (including phenoxy) is 1. The van der Waals surface area contributed by atoms with Crippen LogP contribution < -0.4 is 15.4 Å². The van der Waals surface area contributed by atoms with Gasteiger partial charge in [0.2, 0.25) is 5.91 Å². The zero-order valence-corrected chi connectivity index (χ0v) is 28.0. The molecule has 1 unspecified atom stereocenters. The quantitative estimate of drug-likeness (QED) is 0.258. The van der Waals surface area contributed by atoms with Gasteiger partial charge in [0.05, 0.1) is 31.5 Å². The van der Waals surface area contributed by atoms with E-state index < -0.39 is 10.8 Å². The molecule has 2 aliphatic heterocycles. The van der Waals surface area contributed by atoms with Crippen LogP contribution in [-0.2, 0) is 15.6 Å². The number of methoxy groups -OCH3 is 1. The zero-order chi connectivity index (χ0) is 29.9. The summed E-state index contributed by atoms with van der Waals surface area (Å²) in [5, 5.41) is 7.64. The second kappa shape index (κ2) is 13.3. The van der Waals surface area contributed by atoms with Gasteiger partial charge in [0, 0.05) is 30.6 Å². The maximum Gasteiger partial charge on any atom is 0.253 e. The van der Waals surface area contributed by atoms with E-state index in [0.717, 1.165) is 43.5 Å². The third-order valence-electron chi connectivity index (χ3n) is 8.73. The van der Waals surface area contributed by atoms with Gasteiger partial charge in [0.25, 0.3) is 5.91 Å². The number of halogens is 4. The van der Waals surface area contributed by atoms with Gasteiger partial charge < -0.3 is 20.3 Å². The number of nitrogens with one attached hydrogen (secondary N) is 2. The average Bonchev–Trinajstić information content (AvgIpc) is 3.44. The number of likely N-dealkylation sites (tertiary alicyclic amines) is 1. The van der Waals surface area contributed by atoms with Crippen molar-refractivity contribution in [2.24, 2.45) is 0 Å². The molecule has 0 saturated carbocycles. The van der Waals surface area contributed by atoms with Crippen molar-refractivity contribution in [3.05, 3.63) is 96.3 Å². The van der Waals surface area contributed by atoms with Crippen LogP contribution in [0.25, 0.3) is 0 Å². The lowest BCUT2D eigenvalue weighted by Crippen LogP contribution is -2.51. The molecule has 2 heterocycles. The minimum atomic E-state index is -0.559. The highest BCUT2D eigenvalue weighted by Crippen LogP contribution is 2.42. The van der Waals surface area contributed by atoms with Gasteiger partial charge in [0.15, 0.2) is 0 Å². The molecule has 42 heavy (non-hydrogen) atoms. The third kappa shape index (κ3) is 6.25. The van der Waals surface area contributed by atoms with E-state index in [2.05, 4.69) is 54.6 Å². The summed E-state index contributed by atoms with van der Waals surface area (Å²) >= 11 is 19.8.